The largest absolute Gasteiger partial charge is 0.480 e. The lowest BCUT2D eigenvalue weighted by atomic mass is 10.0. The van der Waals surface area contributed by atoms with Crippen LogP contribution in [-0.4, -0.2) is 225 Å². The van der Waals surface area contributed by atoms with Crippen molar-refractivity contribution in [2.24, 2.45) is 5.73 Å². The van der Waals surface area contributed by atoms with Crippen molar-refractivity contribution in [2.75, 3.05) is 82.6 Å². The molecule has 0 aliphatic carbocycles. The van der Waals surface area contributed by atoms with Gasteiger partial charge in [-0.1, -0.05) is 56.4 Å². The Morgan fingerprint density at radius 2 is 0.694 bits per heavy atom. The van der Waals surface area contributed by atoms with Gasteiger partial charge in [-0.2, -0.15) is 0 Å². The van der Waals surface area contributed by atoms with E-state index in [0.29, 0.717) is 110 Å². The number of amides is 5. The number of carboxylic acids is 8. The molecule has 1 aliphatic rings. The van der Waals surface area contributed by atoms with E-state index in [4.69, 9.17) is 5.73 Å². The Bertz CT molecular complexity index is 3230. The smallest absolute Gasteiger partial charge is 0.317 e. The van der Waals surface area contributed by atoms with Crippen LogP contribution in [0.1, 0.15) is 126 Å². The molecule has 1 aliphatic heterocycles. The van der Waals surface area contributed by atoms with Crippen LogP contribution in [0.5, 0.6) is 0 Å². The van der Waals surface area contributed by atoms with Crippen molar-refractivity contribution >= 4 is 88.7 Å². The summed E-state index contributed by atoms with van der Waals surface area (Å²) in [7, 11) is 0. The Labute approximate surface area is 564 Å². The summed E-state index contributed by atoms with van der Waals surface area (Å²) in [5.41, 5.74) is 9.96. The summed E-state index contributed by atoms with van der Waals surface area (Å²) in [6.07, 6.45) is 10.3. The highest BCUT2D eigenvalue weighted by Gasteiger charge is 2.28. The number of carbonyl (C=O) groups is 13. The predicted molar refractivity (Wildman–Crippen MR) is 351 cm³/mol. The number of carboxylic acid groups (broad SMARTS) is 8. The number of rotatable bonds is 47. The van der Waals surface area contributed by atoms with Crippen LogP contribution in [0.3, 0.4) is 0 Å². The van der Waals surface area contributed by atoms with Gasteiger partial charge in [-0.05, 0) is 116 Å². The summed E-state index contributed by atoms with van der Waals surface area (Å²) in [5.74, 6) is -10.5. The first-order valence-electron chi connectivity index (χ1n) is 31.9. The zero-order chi connectivity index (χ0) is 72.1. The van der Waals surface area contributed by atoms with Crippen molar-refractivity contribution in [1.29, 1.82) is 0 Å². The number of nitrogens with zero attached hydrogens (tertiary/aromatic N) is 7. The molecule has 1 fully saturated rings. The third kappa shape index (κ3) is 33.5. The van der Waals surface area contributed by atoms with Crippen molar-refractivity contribution in [3.05, 3.63) is 95.6 Å². The van der Waals surface area contributed by atoms with Crippen LogP contribution in [0, 0.1) is 0 Å². The molecule has 32 nitrogen and oxygen atoms in total. The number of imide groups is 1. The summed E-state index contributed by atoms with van der Waals surface area (Å²) >= 11 is 0. The van der Waals surface area contributed by atoms with Gasteiger partial charge in [0.25, 0.3) is 0 Å². The number of benzene rings is 2. The summed E-state index contributed by atoms with van der Waals surface area (Å²) in [5, 5.41) is 82.7. The Balaban J connectivity index is 0.000000440. The summed E-state index contributed by atoms with van der Waals surface area (Å²) in [6.45, 7) is -3.77. The lowest BCUT2D eigenvalue weighted by Crippen LogP contribution is -2.35. The SMILES string of the molecule is NCCCCCC(=O)Nc1cccc(-c2cc(CN(CC(=O)O)CC(=O)O)nc(CN(CC(=O)O)CC(=O)O)c2)c1.O=C(O)CN(CC(=O)O)Cc1cc(-c2cccc(NC(=O)CCCCCNC(=O)CCCCCCCN3C(=O)CCC3=O)c2)cc(CN(CC(=O)O)CC(=O)O)n1. The maximum Gasteiger partial charge on any atom is 0.317 e. The molecule has 0 atom stereocenters. The number of nitrogens with one attached hydrogen (secondary N) is 3. The molecule has 1 saturated heterocycles. The predicted octanol–water partition coefficient (Wildman–Crippen LogP) is 3.94. The normalized spacial score (nSPS) is 11.9. The Morgan fingerprint density at radius 3 is 1.03 bits per heavy atom. The summed E-state index contributed by atoms with van der Waals surface area (Å²) < 4.78 is 0. The molecule has 98 heavy (non-hydrogen) atoms. The van der Waals surface area contributed by atoms with E-state index < -0.39 is 100 Å². The number of carbonyl (C=O) groups excluding carboxylic acids is 5. The first-order valence-corrected chi connectivity index (χ1v) is 31.9. The van der Waals surface area contributed by atoms with Crippen molar-refractivity contribution in [3.8, 4) is 22.3 Å². The Morgan fingerprint density at radius 1 is 0.388 bits per heavy atom. The molecular weight excluding hydrogens is 1280 g/mol. The number of unbranched alkanes of at least 4 members (excludes halogenated alkanes) is 8. The maximum atomic E-state index is 12.8. The lowest BCUT2D eigenvalue weighted by Gasteiger charge is -2.21. The van der Waals surface area contributed by atoms with Crippen molar-refractivity contribution in [1.82, 2.24) is 39.8 Å². The highest BCUT2D eigenvalue weighted by molar-refractivity contribution is 6.02. The first kappa shape index (κ1) is 80.3. The van der Waals surface area contributed by atoms with Crippen molar-refractivity contribution in [3.63, 3.8) is 0 Å². The van der Waals surface area contributed by atoms with Gasteiger partial charge >= 0.3 is 47.8 Å². The number of aliphatic carboxylic acids is 8. The van der Waals surface area contributed by atoms with Crippen molar-refractivity contribution in [2.45, 2.75) is 129 Å². The summed E-state index contributed by atoms with van der Waals surface area (Å²) in [4.78, 5) is 166. The number of anilines is 2. The van der Waals surface area contributed by atoms with E-state index in [2.05, 4.69) is 25.9 Å². The average molecular weight is 1370 g/mol. The van der Waals surface area contributed by atoms with E-state index in [-0.39, 0.29) is 73.5 Å². The molecule has 2 aromatic carbocycles. The highest BCUT2D eigenvalue weighted by atomic mass is 16.4. The second-order valence-corrected chi connectivity index (χ2v) is 23.4. The van der Waals surface area contributed by atoms with E-state index in [1.165, 1.54) is 4.90 Å². The van der Waals surface area contributed by atoms with Gasteiger partial charge in [0.2, 0.25) is 29.5 Å². The molecule has 5 amide bonds. The van der Waals surface area contributed by atoms with Crippen LogP contribution in [0.2, 0.25) is 0 Å². The van der Waals surface area contributed by atoms with Crippen LogP contribution in [-0.2, 0) is 88.5 Å². The van der Waals surface area contributed by atoms with E-state index >= 15 is 0 Å². The Kier molecular flexibility index (Phi) is 35.3. The number of likely N-dealkylation sites (tertiary alicyclic amines) is 1. The molecule has 532 valence electrons. The fourth-order valence-corrected chi connectivity index (χ4v) is 10.5. The number of aromatic nitrogens is 2. The van der Waals surface area contributed by atoms with Crippen LogP contribution in [0.4, 0.5) is 11.4 Å². The van der Waals surface area contributed by atoms with E-state index in [9.17, 15) is 103 Å². The first-order chi connectivity index (χ1) is 46.6. The Hall–Kier alpha value is -10.2. The van der Waals surface area contributed by atoms with Crippen LogP contribution < -0.4 is 21.7 Å². The molecule has 0 bridgehead atoms. The second-order valence-electron chi connectivity index (χ2n) is 23.4. The lowest BCUT2D eigenvalue weighted by molar-refractivity contribution is -0.144. The molecule has 3 heterocycles. The monoisotopic (exact) mass is 1370 g/mol. The van der Waals surface area contributed by atoms with E-state index in [1.54, 1.807) is 72.8 Å². The highest BCUT2D eigenvalue weighted by Crippen LogP contribution is 2.28. The summed E-state index contributed by atoms with van der Waals surface area (Å²) in [6, 6.07) is 20.3. The molecular formula is C66H87N11O21. The fourth-order valence-electron chi connectivity index (χ4n) is 10.5. The molecule has 4 aromatic rings. The number of nitrogens with two attached hydrogens (primary N) is 1. The van der Waals surface area contributed by atoms with Crippen LogP contribution in [0.25, 0.3) is 22.3 Å². The van der Waals surface area contributed by atoms with Gasteiger partial charge in [-0.3, -0.25) is 96.8 Å². The molecule has 0 spiro atoms. The van der Waals surface area contributed by atoms with E-state index in [0.717, 1.165) is 71.0 Å². The number of hydrogen-bond acceptors (Lipinski definition) is 20. The maximum absolute atomic E-state index is 12.8. The quantitative estimate of drug-likeness (QED) is 0.0220. The molecule has 13 N–H and O–H groups in total. The van der Waals surface area contributed by atoms with Gasteiger partial charge in [-0.15, -0.1) is 0 Å². The molecule has 0 unspecified atom stereocenters. The van der Waals surface area contributed by atoms with Crippen molar-refractivity contribution < 1.29 is 103 Å². The minimum atomic E-state index is -1.25. The fraction of sp³-hybridized carbons (Fsp3) is 0.470. The second kappa shape index (κ2) is 43.1. The van der Waals surface area contributed by atoms with Gasteiger partial charge in [0.1, 0.15) is 0 Å². The number of hydrogen-bond donors (Lipinski definition) is 12. The standard InChI is InChI=1S/C39H52N6O12.C27H35N5O9/c46-32(12-5-2-1-3-8-17-45-34(48)14-15-35(45)49)40-16-7-4-6-13-33(47)42-29-11-9-10-27(18-29)28-19-30(21-43(23-36(50)51)24-37(52)53)41-31(20-28)22-44(25-38(54)55)26-39(56)57;28-8-3-1-2-7-23(33)30-20-6-4-5-18(9-20)19-10-21(12-31(14-24(34)35)15-25(36)37)29-22(11-19)13-32(16-26(38)39)17-27(40)41/h9-11,18-20H,1-8,12-17,21-26H2,(H,40,46)(H,42,47)(H,50,51)(H,52,53)(H,54,55)(H,56,57);4-6,9-11H,1-3,7-8,12-17,28H2,(H,30,33)(H,34,35)(H,36,37)(H,38,39)(H,40,41). The van der Waals surface area contributed by atoms with Gasteiger partial charge in [-0.25, -0.2) is 0 Å². The van der Waals surface area contributed by atoms with Crippen LogP contribution >= 0.6 is 0 Å². The number of pyridine rings is 2. The van der Waals surface area contributed by atoms with Gasteiger partial charge in [0.15, 0.2) is 0 Å². The molecule has 32 heteroatoms. The zero-order valence-electron chi connectivity index (χ0n) is 54.4. The van der Waals surface area contributed by atoms with E-state index in [1.807, 2.05) is 0 Å². The molecule has 0 saturated carbocycles. The minimum Gasteiger partial charge on any atom is -0.480 e. The van der Waals surface area contributed by atoms with Gasteiger partial charge in [0, 0.05) is 82.7 Å². The molecule has 0 radical (unpaired) electrons. The third-order valence-corrected chi connectivity index (χ3v) is 14.7. The average Bonchev–Trinajstić information content (AvgIpc) is 1.02. The van der Waals surface area contributed by atoms with Gasteiger partial charge in [0.05, 0.1) is 75.1 Å². The zero-order valence-corrected chi connectivity index (χ0v) is 54.4. The van der Waals surface area contributed by atoms with Crippen LogP contribution in [0.15, 0.2) is 72.8 Å². The topological polar surface area (TPSA) is 488 Å². The van der Waals surface area contributed by atoms with Gasteiger partial charge < -0.3 is 62.5 Å². The minimum absolute atomic E-state index is 0.0231. The molecule has 2 aromatic heterocycles. The molecule has 5 rings (SSSR count). The third-order valence-electron chi connectivity index (χ3n) is 14.7.